The second-order valence-electron chi connectivity index (χ2n) is 6.04. The van der Waals surface area contributed by atoms with Gasteiger partial charge in [0.05, 0.1) is 19.8 Å². The van der Waals surface area contributed by atoms with Gasteiger partial charge in [-0.05, 0) is 43.0 Å². The SMILES string of the molecule is CCCCOC(C)OCCOCc1cc2c(cc1CCC)OOC2. The Morgan fingerprint density at radius 1 is 1.04 bits per heavy atom. The Hall–Kier alpha value is -1.14. The fraction of sp³-hybridized carbons (Fsp3) is 0.684. The summed E-state index contributed by atoms with van der Waals surface area (Å²) in [6.07, 6.45) is 4.12. The van der Waals surface area contributed by atoms with Gasteiger partial charge >= 0.3 is 0 Å². The molecule has 0 radical (unpaired) electrons. The Balaban J connectivity index is 1.72. The van der Waals surface area contributed by atoms with Crippen molar-refractivity contribution >= 4 is 0 Å². The number of hydrogen-bond acceptors (Lipinski definition) is 5. The minimum absolute atomic E-state index is 0.176. The van der Waals surface area contributed by atoms with Crippen LogP contribution < -0.4 is 4.89 Å². The van der Waals surface area contributed by atoms with Crippen LogP contribution in [0, 0.1) is 0 Å². The fourth-order valence-electron chi connectivity index (χ4n) is 2.60. The molecule has 1 aliphatic heterocycles. The summed E-state index contributed by atoms with van der Waals surface area (Å²) in [5.74, 6) is 0.837. The van der Waals surface area contributed by atoms with Crippen molar-refractivity contribution in [3.05, 3.63) is 28.8 Å². The van der Waals surface area contributed by atoms with E-state index in [0.29, 0.717) is 26.4 Å². The van der Waals surface area contributed by atoms with Crippen LogP contribution in [-0.2, 0) is 38.7 Å². The number of unbranched alkanes of at least 4 members (excludes halogenated alkanes) is 1. The summed E-state index contributed by atoms with van der Waals surface area (Å²) in [5, 5.41) is 0. The molecule has 136 valence electrons. The van der Waals surface area contributed by atoms with Crippen LogP contribution >= 0.6 is 0 Å². The van der Waals surface area contributed by atoms with Gasteiger partial charge in [-0.15, -0.1) is 0 Å². The average molecular weight is 338 g/mol. The Morgan fingerprint density at radius 2 is 1.88 bits per heavy atom. The number of ether oxygens (including phenoxy) is 3. The van der Waals surface area contributed by atoms with Crippen molar-refractivity contribution in [1.29, 1.82) is 0 Å². The van der Waals surface area contributed by atoms with Crippen molar-refractivity contribution in [2.75, 3.05) is 19.8 Å². The first-order valence-electron chi connectivity index (χ1n) is 8.99. The highest BCUT2D eigenvalue weighted by atomic mass is 17.2. The van der Waals surface area contributed by atoms with Crippen LogP contribution in [0.4, 0.5) is 0 Å². The lowest BCUT2D eigenvalue weighted by atomic mass is 10.0. The smallest absolute Gasteiger partial charge is 0.171 e. The van der Waals surface area contributed by atoms with E-state index in [9.17, 15) is 0 Å². The van der Waals surface area contributed by atoms with E-state index in [1.807, 2.05) is 6.92 Å². The topological polar surface area (TPSA) is 46.2 Å². The summed E-state index contributed by atoms with van der Waals surface area (Å²) in [6.45, 7) is 9.16. The van der Waals surface area contributed by atoms with Crippen molar-refractivity contribution in [1.82, 2.24) is 0 Å². The van der Waals surface area contributed by atoms with Gasteiger partial charge in [0, 0.05) is 12.2 Å². The fourth-order valence-corrected chi connectivity index (χ4v) is 2.60. The summed E-state index contributed by atoms with van der Waals surface area (Å²) in [4.78, 5) is 10.2. The Morgan fingerprint density at radius 3 is 2.67 bits per heavy atom. The number of aryl methyl sites for hydroxylation is 1. The van der Waals surface area contributed by atoms with Crippen LogP contribution in [0.3, 0.4) is 0 Å². The van der Waals surface area contributed by atoms with Crippen molar-refractivity contribution in [2.24, 2.45) is 0 Å². The zero-order chi connectivity index (χ0) is 17.2. The molecule has 0 aliphatic carbocycles. The molecule has 5 nitrogen and oxygen atoms in total. The van der Waals surface area contributed by atoms with Gasteiger partial charge in [0.2, 0.25) is 0 Å². The van der Waals surface area contributed by atoms with Crippen molar-refractivity contribution in [3.8, 4) is 5.75 Å². The minimum Gasteiger partial charge on any atom is -0.374 e. The third-order valence-electron chi connectivity index (χ3n) is 3.95. The summed E-state index contributed by atoms with van der Waals surface area (Å²) in [6, 6.07) is 4.20. The van der Waals surface area contributed by atoms with Gasteiger partial charge in [-0.25, -0.2) is 0 Å². The van der Waals surface area contributed by atoms with Crippen molar-refractivity contribution in [2.45, 2.75) is 66.0 Å². The Labute approximate surface area is 145 Å². The molecule has 0 aromatic heterocycles. The van der Waals surface area contributed by atoms with Gasteiger partial charge in [0.15, 0.2) is 12.0 Å². The summed E-state index contributed by atoms with van der Waals surface area (Å²) < 4.78 is 16.9. The molecular weight excluding hydrogens is 308 g/mol. The van der Waals surface area contributed by atoms with Gasteiger partial charge in [-0.1, -0.05) is 26.7 Å². The Kier molecular flexibility index (Phi) is 8.53. The molecule has 1 aromatic rings. The number of fused-ring (bicyclic) bond motifs is 1. The first-order chi connectivity index (χ1) is 11.7. The predicted octanol–water partition coefficient (Wildman–Crippen LogP) is 4.16. The van der Waals surface area contributed by atoms with Gasteiger partial charge in [0.1, 0.15) is 6.61 Å². The maximum absolute atomic E-state index is 5.78. The molecule has 2 rings (SSSR count). The van der Waals surface area contributed by atoms with E-state index in [2.05, 4.69) is 26.0 Å². The maximum atomic E-state index is 5.78. The van der Waals surface area contributed by atoms with Crippen molar-refractivity contribution < 1.29 is 24.0 Å². The lowest BCUT2D eigenvalue weighted by molar-refractivity contribution is -0.194. The highest BCUT2D eigenvalue weighted by molar-refractivity contribution is 5.43. The molecule has 1 unspecified atom stereocenters. The summed E-state index contributed by atoms with van der Waals surface area (Å²) in [7, 11) is 0. The standard InChI is InChI=1S/C19H30O5/c1-4-6-8-21-15(3)22-10-9-20-13-17-11-18-14-23-24-19(18)12-16(17)7-5-2/h11-12,15H,4-10,13-14H2,1-3H3. The molecule has 5 heteroatoms. The lowest BCUT2D eigenvalue weighted by Gasteiger charge is -2.15. The van der Waals surface area contributed by atoms with Crippen LogP contribution in [0.5, 0.6) is 5.75 Å². The molecule has 1 atom stereocenters. The first-order valence-corrected chi connectivity index (χ1v) is 8.99. The summed E-state index contributed by atoms with van der Waals surface area (Å²) >= 11 is 0. The summed E-state index contributed by atoms with van der Waals surface area (Å²) in [5.41, 5.74) is 3.55. The minimum atomic E-state index is -0.176. The average Bonchev–Trinajstić information content (AvgIpc) is 3.02. The van der Waals surface area contributed by atoms with E-state index in [4.69, 9.17) is 24.0 Å². The van der Waals surface area contributed by atoms with E-state index >= 15 is 0 Å². The van der Waals surface area contributed by atoms with E-state index < -0.39 is 0 Å². The number of benzene rings is 1. The first kappa shape index (κ1) is 19.2. The largest absolute Gasteiger partial charge is 0.374 e. The third kappa shape index (κ3) is 6.06. The molecule has 0 spiro atoms. The lowest BCUT2D eigenvalue weighted by Crippen LogP contribution is -2.17. The van der Waals surface area contributed by atoms with Gasteiger partial charge < -0.3 is 19.1 Å². The molecule has 1 heterocycles. The van der Waals surface area contributed by atoms with E-state index in [1.54, 1.807) is 0 Å². The molecule has 0 N–H and O–H groups in total. The molecule has 0 saturated heterocycles. The van der Waals surface area contributed by atoms with E-state index in [-0.39, 0.29) is 6.29 Å². The normalized spacial score (nSPS) is 14.5. The number of hydrogen-bond donors (Lipinski definition) is 0. The van der Waals surface area contributed by atoms with E-state index in [1.165, 1.54) is 11.1 Å². The molecule has 1 aliphatic rings. The van der Waals surface area contributed by atoms with Crippen LogP contribution in [0.2, 0.25) is 0 Å². The highest BCUT2D eigenvalue weighted by Gasteiger charge is 2.17. The van der Waals surface area contributed by atoms with Crippen LogP contribution in [-0.4, -0.2) is 26.1 Å². The zero-order valence-electron chi connectivity index (χ0n) is 15.1. The van der Waals surface area contributed by atoms with Gasteiger partial charge in [-0.2, -0.15) is 4.89 Å². The second-order valence-corrected chi connectivity index (χ2v) is 6.04. The highest BCUT2D eigenvalue weighted by Crippen LogP contribution is 2.30. The van der Waals surface area contributed by atoms with Crippen LogP contribution in [0.1, 0.15) is 56.7 Å². The second kappa shape index (κ2) is 10.7. The predicted molar refractivity (Wildman–Crippen MR) is 91.8 cm³/mol. The van der Waals surface area contributed by atoms with Gasteiger partial charge in [0.25, 0.3) is 0 Å². The number of rotatable bonds is 12. The molecule has 24 heavy (non-hydrogen) atoms. The monoisotopic (exact) mass is 338 g/mol. The molecule has 0 bridgehead atoms. The molecule has 1 aromatic carbocycles. The van der Waals surface area contributed by atoms with Crippen molar-refractivity contribution in [3.63, 3.8) is 0 Å². The quantitative estimate of drug-likeness (QED) is 0.325. The van der Waals surface area contributed by atoms with Crippen LogP contribution in [0.25, 0.3) is 0 Å². The van der Waals surface area contributed by atoms with Gasteiger partial charge in [-0.3, -0.25) is 0 Å². The molecule has 0 amide bonds. The molecule has 0 saturated carbocycles. The van der Waals surface area contributed by atoms with E-state index in [0.717, 1.165) is 43.6 Å². The molecule has 0 fully saturated rings. The Bertz CT molecular complexity index is 489. The zero-order valence-corrected chi connectivity index (χ0v) is 15.1. The third-order valence-corrected chi connectivity index (χ3v) is 3.95. The van der Waals surface area contributed by atoms with Crippen LogP contribution in [0.15, 0.2) is 12.1 Å². The molecular formula is C19H30O5. The maximum Gasteiger partial charge on any atom is 0.171 e.